The lowest BCUT2D eigenvalue weighted by Crippen LogP contribution is -2.34. The van der Waals surface area contributed by atoms with Gasteiger partial charge in [0.1, 0.15) is 0 Å². The molecule has 1 amide bonds. The molecular formula is C12H10N2O2S. The molecular weight excluding hydrogens is 236 g/mol. The molecule has 1 atom stereocenters. The number of ether oxygens (including phenoxy) is 1. The first kappa shape index (κ1) is 10.3. The lowest BCUT2D eigenvalue weighted by Gasteiger charge is -2.22. The van der Waals surface area contributed by atoms with Crippen LogP contribution in [0.25, 0.3) is 10.4 Å². The van der Waals surface area contributed by atoms with E-state index in [1.807, 2.05) is 23.6 Å². The SMILES string of the molecule is CC1Oc2cc(-c3cccs3)cnc2NC1=O. The zero-order chi connectivity index (χ0) is 11.8. The van der Waals surface area contributed by atoms with Gasteiger partial charge in [0.05, 0.1) is 0 Å². The van der Waals surface area contributed by atoms with Crippen LogP contribution in [0.2, 0.25) is 0 Å². The number of rotatable bonds is 1. The van der Waals surface area contributed by atoms with Crippen LogP contribution in [0.4, 0.5) is 5.82 Å². The van der Waals surface area contributed by atoms with Crippen LogP contribution in [0.15, 0.2) is 29.8 Å². The molecule has 86 valence electrons. The predicted molar refractivity (Wildman–Crippen MR) is 66.3 cm³/mol. The van der Waals surface area contributed by atoms with E-state index in [0.29, 0.717) is 11.6 Å². The Labute approximate surface area is 102 Å². The molecule has 1 N–H and O–H groups in total. The molecule has 0 saturated carbocycles. The zero-order valence-corrected chi connectivity index (χ0v) is 9.95. The molecule has 1 aliphatic rings. The second-order valence-electron chi connectivity index (χ2n) is 3.80. The van der Waals surface area contributed by atoms with Gasteiger partial charge in [0, 0.05) is 16.6 Å². The molecule has 5 heteroatoms. The van der Waals surface area contributed by atoms with Crippen molar-refractivity contribution in [3.63, 3.8) is 0 Å². The van der Waals surface area contributed by atoms with Gasteiger partial charge in [-0.2, -0.15) is 0 Å². The molecule has 0 radical (unpaired) electrons. The number of fused-ring (bicyclic) bond motifs is 1. The average Bonchev–Trinajstić information content (AvgIpc) is 2.83. The average molecular weight is 246 g/mol. The molecule has 0 spiro atoms. The van der Waals surface area contributed by atoms with Gasteiger partial charge in [0.15, 0.2) is 17.7 Å². The van der Waals surface area contributed by atoms with Crippen molar-refractivity contribution in [3.05, 3.63) is 29.8 Å². The van der Waals surface area contributed by atoms with Crippen molar-refractivity contribution in [2.45, 2.75) is 13.0 Å². The monoisotopic (exact) mass is 246 g/mol. The molecule has 2 aromatic rings. The Hall–Kier alpha value is -1.88. The van der Waals surface area contributed by atoms with Gasteiger partial charge in [-0.25, -0.2) is 4.98 Å². The van der Waals surface area contributed by atoms with Crippen molar-refractivity contribution < 1.29 is 9.53 Å². The molecule has 3 rings (SSSR count). The highest BCUT2D eigenvalue weighted by molar-refractivity contribution is 7.13. The number of pyridine rings is 1. The van der Waals surface area contributed by atoms with Crippen LogP contribution in [0, 0.1) is 0 Å². The highest BCUT2D eigenvalue weighted by atomic mass is 32.1. The highest BCUT2D eigenvalue weighted by Gasteiger charge is 2.24. The number of carbonyl (C=O) groups excluding carboxylic acids is 1. The third kappa shape index (κ3) is 1.78. The number of hydrogen-bond donors (Lipinski definition) is 1. The normalized spacial score (nSPS) is 18.2. The molecule has 1 unspecified atom stereocenters. The van der Waals surface area contributed by atoms with Gasteiger partial charge in [-0.15, -0.1) is 11.3 Å². The number of carbonyl (C=O) groups is 1. The van der Waals surface area contributed by atoms with Crippen LogP contribution < -0.4 is 10.1 Å². The number of nitrogens with zero attached hydrogens (tertiary/aromatic N) is 1. The molecule has 0 saturated heterocycles. The largest absolute Gasteiger partial charge is 0.477 e. The summed E-state index contributed by atoms with van der Waals surface area (Å²) in [7, 11) is 0. The lowest BCUT2D eigenvalue weighted by molar-refractivity contribution is -0.122. The van der Waals surface area contributed by atoms with Crippen molar-refractivity contribution in [1.29, 1.82) is 0 Å². The summed E-state index contributed by atoms with van der Waals surface area (Å²) in [4.78, 5) is 16.7. The Morgan fingerprint density at radius 2 is 2.41 bits per heavy atom. The summed E-state index contributed by atoms with van der Waals surface area (Å²) in [5, 5.41) is 4.72. The van der Waals surface area contributed by atoms with E-state index in [1.54, 1.807) is 24.5 Å². The van der Waals surface area contributed by atoms with E-state index in [0.717, 1.165) is 10.4 Å². The fraction of sp³-hybridized carbons (Fsp3) is 0.167. The standard InChI is InChI=1S/C12H10N2O2S/c1-7-12(15)14-11-9(16-7)5-8(6-13-11)10-3-2-4-17-10/h2-7H,1H3,(H,13,14,15). The van der Waals surface area contributed by atoms with Crippen molar-refractivity contribution in [2.75, 3.05) is 5.32 Å². The van der Waals surface area contributed by atoms with Gasteiger partial charge in [-0.3, -0.25) is 4.79 Å². The van der Waals surface area contributed by atoms with E-state index in [2.05, 4.69) is 10.3 Å². The first-order chi connectivity index (χ1) is 8.24. The Morgan fingerprint density at radius 3 is 3.18 bits per heavy atom. The van der Waals surface area contributed by atoms with E-state index in [1.165, 1.54) is 0 Å². The zero-order valence-electron chi connectivity index (χ0n) is 9.14. The maximum Gasteiger partial charge on any atom is 0.266 e. The Kier molecular flexibility index (Phi) is 2.33. The van der Waals surface area contributed by atoms with Crippen molar-refractivity contribution in [2.24, 2.45) is 0 Å². The highest BCUT2D eigenvalue weighted by Crippen LogP contribution is 2.33. The summed E-state index contributed by atoms with van der Waals surface area (Å²) in [6.45, 7) is 1.72. The summed E-state index contributed by atoms with van der Waals surface area (Å²) in [5.74, 6) is 0.963. The molecule has 0 bridgehead atoms. The Bertz CT molecular complexity index is 566. The second kappa shape index (κ2) is 3.85. The maximum atomic E-state index is 11.4. The first-order valence-electron chi connectivity index (χ1n) is 5.25. The summed E-state index contributed by atoms with van der Waals surface area (Å²) < 4.78 is 5.51. The minimum atomic E-state index is -0.470. The summed E-state index contributed by atoms with van der Waals surface area (Å²) in [6, 6.07) is 5.92. The molecule has 17 heavy (non-hydrogen) atoms. The van der Waals surface area contributed by atoms with Gasteiger partial charge in [-0.1, -0.05) is 6.07 Å². The van der Waals surface area contributed by atoms with Crippen LogP contribution in [0.3, 0.4) is 0 Å². The number of hydrogen-bond acceptors (Lipinski definition) is 4. The van der Waals surface area contributed by atoms with Gasteiger partial charge in [-0.05, 0) is 24.4 Å². The molecule has 3 heterocycles. The lowest BCUT2D eigenvalue weighted by atomic mass is 10.2. The van der Waals surface area contributed by atoms with E-state index in [-0.39, 0.29) is 5.91 Å². The number of thiophene rings is 1. The molecule has 0 aromatic carbocycles. The fourth-order valence-corrected chi connectivity index (χ4v) is 2.38. The third-order valence-electron chi connectivity index (χ3n) is 2.57. The van der Waals surface area contributed by atoms with Gasteiger partial charge in [0.2, 0.25) is 0 Å². The van der Waals surface area contributed by atoms with Gasteiger partial charge < -0.3 is 10.1 Å². The van der Waals surface area contributed by atoms with Crippen LogP contribution in [-0.2, 0) is 4.79 Å². The molecule has 0 aliphatic carbocycles. The van der Waals surface area contributed by atoms with Gasteiger partial charge in [0.25, 0.3) is 5.91 Å². The maximum absolute atomic E-state index is 11.4. The Balaban J connectivity index is 2.02. The van der Waals surface area contributed by atoms with Crippen LogP contribution in [0.5, 0.6) is 5.75 Å². The summed E-state index contributed by atoms with van der Waals surface area (Å²) in [6.07, 6.45) is 1.27. The number of aromatic nitrogens is 1. The molecule has 2 aromatic heterocycles. The quantitative estimate of drug-likeness (QED) is 0.841. The van der Waals surface area contributed by atoms with Crippen LogP contribution >= 0.6 is 11.3 Å². The fourth-order valence-electron chi connectivity index (χ4n) is 1.67. The number of amides is 1. The first-order valence-corrected chi connectivity index (χ1v) is 6.13. The molecule has 4 nitrogen and oxygen atoms in total. The second-order valence-corrected chi connectivity index (χ2v) is 4.75. The smallest absolute Gasteiger partial charge is 0.266 e. The Morgan fingerprint density at radius 1 is 1.53 bits per heavy atom. The van der Waals surface area contributed by atoms with E-state index < -0.39 is 6.10 Å². The third-order valence-corrected chi connectivity index (χ3v) is 3.49. The van der Waals surface area contributed by atoms with Crippen LogP contribution in [0.1, 0.15) is 6.92 Å². The van der Waals surface area contributed by atoms with Crippen molar-refractivity contribution in [1.82, 2.24) is 4.98 Å². The topological polar surface area (TPSA) is 51.2 Å². The van der Waals surface area contributed by atoms with E-state index in [4.69, 9.17) is 4.74 Å². The van der Waals surface area contributed by atoms with E-state index >= 15 is 0 Å². The summed E-state index contributed by atoms with van der Waals surface area (Å²) >= 11 is 1.65. The minimum absolute atomic E-state index is 0.158. The number of nitrogens with one attached hydrogen (secondary N) is 1. The number of anilines is 1. The molecule has 0 fully saturated rings. The molecule has 1 aliphatic heterocycles. The minimum Gasteiger partial charge on any atom is -0.477 e. The van der Waals surface area contributed by atoms with Gasteiger partial charge >= 0.3 is 0 Å². The summed E-state index contributed by atoms with van der Waals surface area (Å²) in [5.41, 5.74) is 1.00. The van der Waals surface area contributed by atoms with E-state index in [9.17, 15) is 4.79 Å². The predicted octanol–water partition coefficient (Wildman–Crippen LogP) is 2.53. The van der Waals surface area contributed by atoms with Crippen molar-refractivity contribution >= 4 is 23.1 Å². The van der Waals surface area contributed by atoms with Crippen LogP contribution in [-0.4, -0.2) is 17.0 Å². The van der Waals surface area contributed by atoms with Crippen molar-refractivity contribution in [3.8, 4) is 16.2 Å².